The zero-order valence-electron chi connectivity index (χ0n) is 16.8. The lowest BCUT2D eigenvalue weighted by Crippen LogP contribution is -2.24. The first kappa shape index (κ1) is 18.4. The van der Waals surface area contributed by atoms with Gasteiger partial charge in [-0.15, -0.1) is 10.2 Å². The van der Waals surface area contributed by atoms with Crippen LogP contribution in [0.2, 0.25) is 0 Å². The Kier molecular flexibility index (Phi) is 4.71. The van der Waals surface area contributed by atoms with Crippen molar-refractivity contribution in [3.8, 4) is 11.1 Å². The van der Waals surface area contributed by atoms with Gasteiger partial charge >= 0.3 is 0 Å². The predicted octanol–water partition coefficient (Wildman–Crippen LogP) is 4.81. The molecule has 1 atom stereocenters. The number of aromatic nitrogens is 4. The van der Waals surface area contributed by atoms with Crippen molar-refractivity contribution in [1.82, 2.24) is 19.8 Å². The maximum Gasteiger partial charge on any atom is 0.185 e. The number of allylic oxidation sites excluding steroid dienone is 1. The third-order valence-electron chi connectivity index (χ3n) is 5.63. The second-order valence-corrected chi connectivity index (χ2v) is 7.63. The molecule has 2 heterocycles. The molecular weight excluding hydrogens is 372 g/mol. The normalized spacial score (nSPS) is 16.3. The van der Waals surface area contributed by atoms with E-state index in [9.17, 15) is 4.79 Å². The Balaban J connectivity index is 1.59. The van der Waals surface area contributed by atoms with Gasteiger partial charge in [-0.25, -0.2) is 4.52 Å². The molecule has 0 saturated carbocycles. The molecule has 0 amide bonds. The van der Waals surface area contributed by atoms with Crippen molar-refractivity contribution in [2.24, 2.45) is 5.92 Å². The Labute approximate surface area is 175 Å². The first-order valence-electron chi connectivity index (χ1n) is 10.3. The minimum absolute atomic E-state index is 0.0307. The zero-order chi connectivity index (χ0) is 20.5. The molecule has 0 spiro atoms. The number of rotatable bonds is 4. The first-order valence-corrected chi connectivity index (χ1v) is 10.3. The van der Waals surface area contributed by atoms with Gasteiger partial charge in [-0.2, -0.15) is 5.10 Å². The molecule has 0 bridgehead atoms. The number of carbonyl (C=O) groups is 1. The molecule has 5 rings (SSSR count). The number of hydrogen-bond donors (Lipinski definition) is 0. The summed E-state index contributed by atoms with van der Waals surface area (Å²) >= 11 is 0. The van der Waals surface area contributed by atoms with E-state index in [4.69, 9.17) is 5.10 Å². The number of nitrogens with zero attached hydrogens (tertiary/aromatic N) is 4. The maximum atomic E-state index is 12.8. The zero-order valence-corrected chi connectivity index (χ0v) is 16.8. The van der Waals surface area contributed by atoms with Gasteiger partial charge in [0.1, 0.15) is 0 Å². The molecule has 148 valence electrons. The van der Waals surface area contributed by atoms with Gasteiger partial charge in [0, 0.05) is 6.42 Å². The highest BCUT2D eigenvalue weighted by Gasteiger charge is 2.29. The second kappa shape index (κ2) is 7.67. The summed E-state index contributed by atoms with van der Waals surface area (Å²) in [5.41, 5.74) is 6.21. The number of ketones is 1. The average Bonchev–Trinajstić information content (AvgIpc) is 3.18. The van der Waals surface area contributed by atoms with Crippen LogP contribution >= 0.6 is 0 Å². The van der Waals surface area contributed by atoms with Crippen LogP contribution in [0.3, 0.4) is 0 Å². The van der Waals surface area contributed by atoms with Crippen molar-refractivity contribution in [2.45, 2.75) is 26.2 Å². The monoisotopic (exact) mass is 394 g/mol. The Morgan fingerprint density at radius 1 is 1.00 bits per heavy atom. The average molecular weight is 394 g/mol. The number of fused-ring (bicyclic) bond motifs is 3. The summed E-state index contributed by atoms with van der Waals surface area (Å²) in [5, 5.41) is 13.6. The van der Waals surface area contributed by atoms with Gasteiger partial charge in [-0.05, 0) is 29.9 Å². The molecule has 2 aromatic carbocycles. The fraction of sp³-hybridized carbons (Fsp3) is 0.200. The van der Waals surface area contributed by atoms with Gasteiger partial charge in [0.05, 0.1) is 17.0 Å². The van der Waals surface area contributed by atoms with E-state index in [2.05, 4.69) is 53.5 Å². The van der Waals surface area contributed by atoms with Gasteiger partial charge in [0.2, 0.25) is 0 Å². The van der Waals surface area contributed by atoms with E-state index in [0.29, 0.717) is 12.1 Å². The Morgan fingerprint density at radius 3 is 2.47 bits per heavy atom. The summed E-state index contributed by atoms with van der Waals surface area (Å²) in [5.74, 6) is 0.148. The maximum absolute atomic E-state index is 12.8. The predicted molar refractivity (Wildman–Crippen MR) is 117 cm³/mol. The van der Waals surface area contributed by atoms with Gasteiger partial charge in [0.25, 0.3) is 0 Å². The Morgan fingerprint density at radius 2 is 1.73 bits per heavy atom. The van der Waals surface area contributed by atoms with E-state index in [1.807, 2.05) is 40.9 Å². The minimum Gasteiger partial charge on any atom is -0.292 e. The SMILES string of the molecule is CCc1nn2c3c(nnc2c1-c1ccccc1)C(=O)C[C@H](/C=C/c1ccccc1)C3. The van der Waals surface area contributed by atoms with Crippen LogP contribution in [0.4, 0.5) is 0 Å². The third kappa shape index (κ3) is 3.22. The van der Waals surface area contributed by atoms with Crippen LogP contribution in [0.5, 0.6) is 0 Å². The van der Waals surface area contributed by atoms with E-state index >= 15 is 0 Å². The summed E-state index contributed by atoms with van der Waals surface area (Å²) in [6, 6.07) is 20.3. The van der Waals surface area contributed by atoms with E-state index in [0.717, 1.165) is 46.6 Å². The molecule has 5 nitrogen and oxygen atoms in total. The summed E-state index contributed by atoms with van der Waals surface area (Å²) in [6.07, 6.45) is 6.17. The highest BCUT2D eigenvalue weighted by Crippen LogP contribution is 2.31. The first-order chi connectivity index (χ1) is 14.7. The molecule has 1 aliphatic carbocycles. The number of carbonyl (C=O) groups excluding carboxylic acids is 1. The largest absolute Gasteiger partial charge is 0.292 e. The fourth-order valence-corrected chi connectivity index (χ4v) is 4.14. The molecule has 0 N–H and O–H groups in total. The summed E-state index contributed by atoms with van der Waals surface area (Å²) < 4.78 is 1.85. The molecule has 4 aromatic rings. The van der Waals surface area contributed by atoms with Crippen molar-refractivity contribution >= 4 is 17.5 Å². The number of aryl methyl sites for hydroxylation is 1. The van der Waals surface area contributed by atoms with Gasteiger partial charge in [-0.1, -0.05) is 79.7 Å². The lowest BCUT2D eigenvalue weighted by molar-refractivity contribution is 0.0950. The highest BCUT2D eigenvalue weighted by molar-refractivity contribution is 5.97. The summed E-state index contributed by atoms with van der Waals surface area (Å²) in [4.78, 5) is 12.8. The third-order valence-corrected chi connectivity index (χ3v) is 5.63. The quantitative estimate of drug-likeness (QED) is 0.498. The Bertz CT molecular complexity index is 1240. The van der Waals surface area contributed by atoms with Gasteiger partial charge in [0.15, 0.2) is 17.1 Å². The summed E-state index contributed by atoms with van der Waals surface area (Å²) in [6.45, 7) is 2.09. The van der Waals surface area contributed by atoms with Crippen LogP contribution in [0, 0.1) is 5.92 Å². The van der Waals surface area contributed by atoms with Crippen LogP contribution < -0.4 is 0 Å². The molecule has 5 heteroatoms. The van der Waals surface area contributed by atoms with Crippen LogP contribution in [-0.2, 0) is 12.8 Å². The van der Waals surface area contributed by atoms with Crippen molar-refractivity contribution in [3.63, 3.8) is 0 Å². The number of benzene rings is 2. The van der Waals surface area contributed by atoms with E-state index in [1.54, 1.807) is 0 Å². The van der Waals surface area contributed by atoms with E-state index in [1.165, 1.54) is 0 Å². The Hall–Kier alpha value is -3.60. The molecule has 0 fully saturated rings. The van der Waals surface area contributed by atoms with Crippen LogP contribution in [0.15, 0.2) is 66.7 Å². The van der Waals surface area contributed by atoms with Crippen molar-refractivity contribution < 1.29 is 4.79 Å². The highest BCUT2D eigenvalue weighted by atomic mass is 16.1. The molecule has 1 aliphatic rings. The molecule has 0 unspecified atom stereocenters. The molecule has 2 aromatic heterocycles. The van der Waals surface area contributed by atoms with Crippen LogP contribution in [-0.4, -0.2) is 25.6 Å². The standard InChI is InChI=1S/C25H22N4O/c1-2-20-23(19-11-7-4-8-12-19)25-27-26-24-21(29(25)28-20)15-18(16-22(24)30)14-13-17-9-5-3-6-10-17/h3-14,18H,2,15-16H2,1H3/b14-13+/t18-/m1/s1. The van der Waals surface area contributed by atoms with Gasteiger partial charge < -0.3 is 0 Å². The number of Topliss-reactive ketones (excluding diaryl/α,β-unsaturated/α-hetero) is 1. The summed E-state index contributed by atoms with van der Waals surface area (Å²) in [7, 11) is 0. The van der Waals surface area contributed by atoms with E-state index < -0.39 is 0 Å². The van der Waals surface area contributed by atoms with Gasteiger partial charge in [-0.3, -0.25) is 4.79 Å². The smallest absolute Gasteiger partial charge is 0.185 e. The lowest BCUT2D eigenvalue weighted by Gasteiger charge is -2.20. The minimum atomic E-state index is 0.0307. The molecule has 0 aliphatic heterocycles. The van der Waals surface area contributed by atoms with Crippen LogP contribution in [0.25, 0.3) is 22.9 Å². The van der Waals surface area contributed by atoms with E-state index in [-0.39, 0.29) is 11.7 Å². The second-order valence-electron chi connectivity index (χ2n) is 7.63. The number of hydrogen-bond acceptors (Lipinski definition) is 4. The molecular formula is C25H22N4O. The molecule has 0 saturated heterocycles. The van der Waals surface area contributed by atoms with Crippen molar-refractivity contribution in [1.29, 1.82) is 0 Å². The topological polar surface area (TPSA) is 60.1 Å². The van der Waals surface area contributed by atoms with Crippen molar-refractivity contribution in [3.05, 3.63) is 89.4 Å². The van der Waals surface area contributed by atoms with Crippen molar-refractivity contribution in [2.75, 3.05) is 0 Å². The fourth-order valence-electron chi connectivity index (χ4n) is 4.14. The molecule has 0 radical (unpaired) electrons. The van der Waals surface area contributed by atoms with Crippen LogP contribution in [0.1, 0.15) is 40.8 Å². The molecule has 30 heavy (non-hydrogen) atoms. The lowest BCUT2D eigenvalue weighted by atomic mass is 9.88.